The molecule has 0 saturated heterocycles. The van der Waals surface area contributed by atoms with Crippen LogP contribution in [-0.4, -0.2) is 30.9 Å². The van der Waals surface area contributed by atoms with Crippen LogP contribution in [0, 0.1) is 0 Å². The topological polar surface area (TPSA) is 84.2 Å². The van der Waals surface area contributed by atoms with Crippen molar-refractivity contribution >= 4 is 11.8 Å². The van der Waals surface area contributed by atoms with Gasteiger partial charge in [-0.15, -0.1) is 0 Å². The van der Waals surface area contributed by atoms with Gasteiger partial charge in [-0.3, -0.25) is 9.59 Å². The first kappa shape index (κ1) is 16.9. The molecule has 0 aromatic rings. The highest BCUT2D eigenvalue weighted by molar-refractivity contribution is 5.79. The highest BCUT2D eigenvalue weighted by Gasteiger charge is 2.12. The SMILES string of the molecule is CCCN[C@@H](CCCCNC(=O)CCC)C(N)=O. The molecule has 0 radical (unpaired) electrons. The van der Waals surface area contributed by atoms with E-state index in [1.165, 1.54) is 0 Å². The number of carbonyl (C=O) groups excluding carboxylic acids is 2. The zero-order chi connectivity index (χ0) is 13.8. The molecule has 1 atom stereocenters. The van der Waals surface area contributed by atoms with Gasteiger partial charge in [0.05, 0.1) is 6.04 Å². The maximum Gasteiger partial charge on any atom is 0.234 e. The van der Waals surface area contributed by atoms with E-state index >= 15 is 0 Å². The summed E-state index contributed by atoms with van der Waals surface area (Å²) in [5, 5.41) is 5.98. The maximum absolute atomic E-state index is 11.2. The standard InChI is InChI=1S/C13H27N3O2/c1-3-7-12(17)16-10-6-5-8-11(13(14)18)15-9-4-2/h11,15H,3-10H2,1-2H3,(H2,14,18)(H,16,17)/t11-/m0/s1. The second kappa shape index (κ2) is 11.0. The molecule has 4 N–H and O–H groups in total. The first-order chi connectivity index (χ1) is 8.61. The molecule has 18 heavy (non-hydrogen) atoms. The number of hydrogen-bond donors (Lipinski definition) is 3. The maximum atomic E-state index is 11.2. The van der Waals surface area contributed by atoms with Crippen LogP contribution >= 0.6 is 0 Å². The van der Waals surface area contributed by atoms with Gasteiger partial charge in [0.1, 0.15) is 0 Å². The van der Waals surface area contributed by atoms with Gasteiger partial charge in [0.25, 0.3) is 0 Å². The van der Waals surface area contributed by atoms with Crippen molar-refractivity contribution in [3.63, 3.8) is 0 Å². The Morgan fingerprint density at radius 1 is 1.11 bits per heavy atom. The van der Waals surface area contributed by atoms with Crippen LogP contribution < -0.4 is 16.4 Å². The Bertz CT molecular complexity index is 244. The van der Waals surface area contributed by atoms with E-state index in [4.69, 9.17) is 5.73 Å². The lowest BCUT2D eigenvalue weighted by molar-refractivity contribution is -0.121. The lowest BCUT2D eigenvalue weighted by Gasteiger charge is -2.14. The van der Waals surface area contributed by atoms with E-state index in [2.05, 4.69) is 10.6 Å². The van der Waals surface area contributed by atoms with Crippen molar-refractivity contribution in [2.75, 3.05) is 13.1 Å². The minimum Gasteiger partial charge on any atom is -0.368 e. The number of amides is 2. The predicted molar refractivity (Wildman–Crippen MR) is 73.0 cm³/mol. The molecule has 0 rings (SSSR count). The second-order valence-corrected chi connectivity index (χ2v) is 4.50. The normalized spacial score (nSPS) is 12.1. The molecule has 0 aromatic heterocycles. The van der Waals surface area contributed by atoms with Crippen molar-refractivity contribution < 1.29 is 9.59 Å². The van der Waals surface area contributed by atoms with Crippen molar-refractivity contribution in [3.8, 4) is 0 Å². The highest BCUT2D eigenvalue weighted by Crippen LogP contribution is 2.00. The smallest absolute Gasteiger partial charge is 0.234 e. The number of rotatable bonds is 11. The molecule has 0 heterocycles. The fourth-order valence-electron chi connectivity index (χ4n) is 1.68. The minimum atomic E-state index is -0.293. The first-order valence-electron chi connectivity index (χ1n) is 6.91. The van der Waals surface area contributed by atoms with Crippen molar-refractivity contribution in [1.82, 2.24) is 10.6 Å². The average Bonchev–Trinajstić information content (AvgIpc) is 2.32. The third-order valence-corrected chi connectivity index (χ3v) is 2.70. The van der Waals surface area contributed by atoms with Crippen LogP contribution in [0.3, 0.4) is 0 Å². The molecule has 0 fully saturated rings. The van der Waals surface area contributed by atoms with Crippen LogP contribution in [0.2, 0.25) is 0 Å². The van der Waals surface area contributed by atoms with Crippen LogP contribution in [0.1, 0.15) is 52.4 Å². The van der Waals surface area contributed by atoms with Gasteiger partial charge in [-0.05, 0) is 38.6 Å². The van der Waals surface area contributed by atoms with Gasteiger partial charge in [-0.25, -0.2) is 0 Å². The molecule has 0 aliphatic carbocycles. The van der Waals surface area contributed by atoms with Crippen LogP contribution in [0.25, 0.3) is 0 Å². The number of nitrogens with one attached hydrogen (secondary N) is 2. The van der Waals surface area contributed by atoms with Gasteiger partial charge in [0, 0.05) is 13.0 Å². The van der Waals surface area contributed by atoms with E-state index in [0.717, 1.165) is 38.6 Å². The highest BCUT2D eigenvalue weighted by atomic mass is 16.2. The molecule has 0 aliphatic heterocycles. The number of primary amides is 1. The summed E-state index contributed by atoms with van der Waals surface area (Å²) in [7, 11) is 0. The molecule has 2 amide bonds. The zero-order valence-electron chi connectivity index (χ0n) is 11.6. The Labute approximate surface area is 110 Å². The summed E-state index contributed by atoms with van der Waals surface area (Å²) >= 11 is 0. The van der Waals surface area contributed by atoms with E-state index in [9.17, 15) is 9.59 Å². The van der Waals surface area contributed by atoms with E-state index in [1.54, 1.807) is 0 Å². The molecule has 0 saturated carbocycles. The van der Waals surface area contributed by atoms with E-state index < -0.39 is 0 Å². The fourth-order valence-corrected chi connectivity index (χ4v) is 1.68. The van der Waals surface area contributed by atoms with Crippen molar-refractivity contribution in [2.24, 2.45) is 5.73 Å². The zero-order valence-corrected chi connectivity index (χ0v) is 11.6. The van der Waals surface area contributed by atoms with Crippen LogP contribution in [-0.2, 0) is 9.59 Å². The van der Waals surface area contributed by atoms with Gasteiger partial charge < -0.3 is 16.4 Å². The third kappa shape index (κ3) is 8.98. The predicted octanol–water partition coefficient (Wildman–Crippen LogP) is 0.927. The Hall–Kier alpha value is -1.10. The summed E-state index contributed by atoms with van der Waals surface area (Å²) in [6.07, 6.45) is 4.94. The Morgan fingerprint density at radius 2 is 1.83 bits per heavy atom. The summed E-state index contributed by atoms with van der Waals surface area (Å²) in [5.74, 6) is -0.188. The molecule has 0 unspecified atom stereocenters. The number of carbonyl (C=O) groups is 2. The molecule has 0 bridgehead atoms. The molecule has 5 heteroatoms. The second-order valence-electron chi connectivity index (χ2n) is 4.50. The Morgan fingerprint density at radius 3 is 2.39 bits per heavy atom. The average molecular weight is 257 g/mol. The molecule has 106 valence electrons. The summed E-state index contributed by atoms with van der Waals surface area (Å²) in [4.78, 5) is 22.3. The van der Waals surface area contributed by atoms with E-state index in [-0.39, 0.29) is 17.9 Å². The lowest BCUT2D eigenvalue weighted by Crippen LogP contribution is -2.41. The van der Waals surface area contributed by atoms with Crippen LogP contribution in [0.5, 0.6) is 0 Å². The summed E-state index contributed by atoms with van der Waals surface area (Å²) in [6.45, 7) is 5.52. The van der Waals surface area contributed by atoms with Gasteiger partial charge in [-0.1, -0.05) is 13.8 Å². The van der Waals surface area contributed by atoms with Crippen molar-refractivity contribution in [2.45, 2.75) is 58.4 Å². The molecule has 0 aromatic carbocycles. The quantitative estimate of drug-likeness (QED) is 0.481. The number of nitrogens with two attached hydrogens (primary N) is 1. The summed E-state index contributed by atoms with van der Waals surface area (Å²) < 4.78 is 0. The number of unbranched alkanes of at least 4 members (excludes halogenated alkanes) is 1. The van der Waals surface area contributed by atoms with Crippen molar-refractivity contribution in [1.29, 1.82) is 0 Å². The largest absolute Gasteiger partial charge is 0.368 e. The summed E-state index contributed by atoms with van der Waals surface area (Å²) in [5.41, 5.74) is 5.31. The monoisotopic (exact) mass is 257 g/mol. The molecular weight excluding hydrogens is 230 g/mol. The third-order valence-electron chi connectivity index (χ3n) is 2.70. The molecule has 5 nitrogen and oxygen atoms in total. The van der Waals surface area contributed by atoms with Gasteiger partial charge in [0.2, 0.25) is 11.8 Å². The van der Waals surface area contributed by atoms with Gasteiger partial charge in [-0.2, -0.15) is 0 Å². The minimum absolute atomic E-state index is 0.105. The fraction of sp³-hybridized carbons (Fsp3) is 0.846. The molecule has 0 spiro atoms. The van der Waals surface area contributed by atoms with E-state index in [0.29, 0.717) is 13.0 Å². The molecular formula is C13H27N3O2. The van der Waals surface area contributed by atoms with Gasteiger partial charge in [0.15, 0.2) is 0 Å². The lowest BCUT2D eigenvalue weighted by atomic mass is 10.1. The van der Waals surface area contributed by atoms with Crippen LogP contribution in [0.15, 0.2) is 0 Å². The van der Waals surface area contributed by atoms with Crippen LogP contribution in [0.4, 0.5) is 0 Å². The first-order valence-corrected chi connectivity index (χ1v) is 6.91. The Balaban J connectivity index is 3.60. The number of hydrogen-bond acceptors (Lipinski definition) is 3. The molecule has 0 aliphatic rings. The Kier molecular flexibility index (Phi) is 10.3. The van der Waals surface area contributed by atoms with Crippen molar-refractivity contribution in [3.05, 3.63) is 0 Å². The van der Waals surface area contributed by atoms with Gasteiger partial charge >= 0.3 is 0 Å². The van der Waals surface area contributed by atoms with E-state index in [1.807, 2.05) is 13.8 Å². The summed E-state index contributed by atoms with van der Waals surface area (Å²) in [6, 6.07) is -0.240.